The van der Waals surface area contributed by atoms with Gasteiger partial charge in [0, 0.05) is 31.0 Å². The fourth-order valence-corrected chi connectivity index (χ4v) is 8.93. The largest absolute Gasteiger partial charge is 0.457 e. The number of rotatable bonds is 12. The van der Waals surface area contributed by atoms with Gasteiger partial charge in [-0.15, -0.1) is 0 Å². The molecule has 0 aromatic rings. The number of aliphatic hydroxyl groups is 5. The van der Waals surface area contributed by atoms with Crippen LogP contribution < -0.4 is 10.6 Å². The number of carbonyl (C=O) groups is 1. The summed E-state index contributed by atoms with van der Waals surface area (Å²) in [5.74, 6) is -2.75. The van der Waals surface area contributed by atoms with Crippen molar-refractivity contribution in [2.75, 3.05) is 33.7 Å². The molecule has 14 heteroatoms. The van der Waals surface area contributed by atoms with Gasteiger partial charge in [0.05, 0.1) is 42.0 Å². The summed E-state index contributed by atoms with van der Waals surface area (Å²) in [5.41, 5.74) is -4.46. The van der Waals surface area contributed by atoms with Crippen LogP contribution >= 0.6 is 0 Å². The molecule has 0 saturated carbocycles. The minimum atomic E-state index is -1.79. The van der Waals surface area contributed by atoms with Gasteiger partial charge in [-0.25, -0.2) is 0 Å². The van der Waals surface area contributed by atoms with E-state index < -0.39 is 89.9 Å². The van der Waals surface area contributed by atoms with E-state index in [9.17, 15) is 30.3 Å². The second-order valence-electron chi connectivity index (χ2n) is 17.8. The smallest absolute Gasteiger partial charge is 0.311 e. The molecule has 3 fully saturated rings. The molecule has 18 unspecified atom stereocenters. The Morgan fingerprint density at radius 2 is 1.70 bits per heavy atom. The van der Waals surface area contributed by atoms with E-state index in [1.54, 1.807) is 27.7 Å². The Labute approximate surface area is 325 Å². The minimum absolute atomic E-state index is 0.135. The maximum atomic E-state index is 14.4. The van der Waals surface area contributed by atoms with Crippen LogP contribution in [0.5, 0.6) is 0 Å². The Bertz CT molecular complexity index is 1150. The zero-order valence-corrected chi connectivity index (χ0v) is 35.4. The van der Waals surface area contributed by atoms with Gasteiger partial charge >= 0.3 is 5.97 Å². The lowest BCUT2D eigenvalue weighted by molar-refractivity contribution is -0.314. The molecule has 3 aliphatic heterocycles. The van der Waals surface area contributed by atoms with Crippen LogP contribution in [-0.2, 0) is 28.5 Å². The van der Waals surface area contributed by atoms with Crippen molar-refractivity contribution < 1.29 is 54.0 Å². The Balaban J connectivity index is 2.11. The molecular formula is C40H77N3O11. The number of nitrogens with zero attached hydrogens (tertiary/aromatic N) is 1. The Morgan fingerprint density at radius 1 is 1.06 bits per heavy atom. The predicted molar refractivity (Wildman–Crippen MR) is 205 cm³/mol. The molecule has 18 atom stereocenters. The molecular weight excluding hydrogens is 698 g/mol. The van der Waals surface area contributed by atoms with Crippen LogP contribution in [0, 0.1) is 23.7 Å². The molecule has 0 bridgehead atoms. The molecule has 54 heavy (non-hydrogen) atoms. The van der Waals surface area contributed by atoms with Crippen molar-refractivity contribution in [3.63, 3.8) is 0 Å². The summed E-state index contributed by atoms with van der Waals surface area (Å²) in [4.78, 5) is 16.3. The van der Waals surface area contributed by atoms with Crippen LogP contribution in [0.25, 0.3) is 0 Å². The normalized spacial score (nSPS) is 45.1. The summed E-state index contributed by atoms with van der Waals surface area (Å²) in [6, 6.07) is -0.835. The van der Waals surface area contributed by atoms with Crippen molar-refractivity contribution >= 4 is 5.97 Å². The summed E-state index contributed by atoms with van der Waals surface area (Å²) in [6.45, 7) is 21.5. The molecule has 3 heterocycles. The van der Waals surface area contributed by atoms with Gasteiger partial charge in [-0.05, 0) is 106 Å². The van der Waals surface area contributed by atoms with Crippen LogP contribution in [-0.4, -0.2) is 154 Å². The van der Waals surface area contributed by atoms with Gasteiger partial charge in [-0.3, -0.25) is 4.79 Å². The summed E-state index contributed by atoms with van der Waals surface area (Å²) < 4.78 is 32.3. The second kappa shape index (κ2) is 19.6. The van der Waals surface area contributed by atoms with Crippen molar-refractivity contribution in [1.82, 2.24) is 15.5 Å². The van der Waals surface area contributed by atoms with Gasteiger partial charge < -0.3 is 64.8 Å². The van der Waals surface area contributed by atoms with Crippen molar-refractivity contribution in [3.05, 3.63) is 0 Å². The van der Waals surface area contributed by atoms with E-state index in [2.05, 4.69) is 17.6 Å². The van der Waals surface area contributed by atoms with E-state index in [0.29, 0.717) is 25.9 Å². The van der Waals surface area contributed by atoms with Crippen LogP contribution in [0.3, 0.4) is 0 Å². The highest BCUT2D eigenvalue weighted by molar-refractivity contribution is 5.73. The fraction of sp³-hybridized carbons (Fsp3) is 0.975. The SMILES string of the molecule is CCCNCC1(O)C(C)CC(OC2C(C)C(=O)OC(C(C)(O)C(O)CC)C(C)NCC(C)CC(C)(O)C(OC3OC(C)CC(N(C)C)C3O)C2C)OC1C. The van der Waals surface area contributed by atoms with E-state index >= 15 is 0 Å². The van der Waals surface area contributed by atoms with Gasteiger partial charge in [-0.2, -0.15) is 0 Å². The van der Waals surface area contributed by atoms with Crippen LogP contribution in [0.2, 0.25) is 0 Å². The highest BCUT2D eigenvalue weighted by atomic mass is 16.7. The molecule has 7 N–H and O–H groups in total. The van der Waals surface area contributed by atoms with Crippen LogP contribution in [0.4, 0.5) is 0 Å². The van der Waals surface area contributed by atoms with Gasteiger partial charge in [0.15, 0.2) is 12.6 Å². The lowest BCUT2D eigenvalue weighted by atomic mass is 9.77. The standard InChI is InChI=1S/C40H77N3O11/c1-14-16-41-21-40(49)23(4)17-31(51-28(40)9)52-33-25(6)34(54-37-32(45)29(43(12)13)18-24(5)50-37)38(10,47)19-22(3)20-42-27(8)35(53-36(46)26(33)7)39(11,48)30(44)15-2/h22-35,37,41-42,44-45,47-49H,14-21H2,1-13H3. The molecule has 318 valence electrons. The molecule has 0 spiro atoms. The third-order valence-corrected chi connectivity index (χ3v) is 12.5. The van der Waals surface area contributed by atoms with E-state index in [1.165, 1.54) is 6.92 Å². The molecule has 0 radical (unpaired) electrons. The second-order valence-corrected chi connectivity index (χ2v) is 17.8. The summed E-state index contributed by atoms with van der Waals surface area (Å²) in [5, 5.41) is 64.9. The molecule has 14 nitrogen and oxygen atoms in total. The summed E-state index contributed by atoms with van der Waals surface area (Å²) in [6.07, 6.45) is -5.76. The van der Waals surface area contributed by atoms with Crippen molar-refractivity contribution in [2.24, 2.45) is 23.7 Å². The first-order valence-corrected chi connectivity index (χ1v) is 20.5. The molecule has 0 aromatic carbocycles. The third-order valence-electron chi connectivity index (χ3n) is 12.5. The quantitative estimate of drug-likeness (QED) is 0.113. The van der Waals surface area contributed by atoms with Crippen molar-refractivity contribution in [1.29, 1.82) is 0 Å². The molecule has 0 amide bonds. The van der Waals surface area contributed by atoms with Gasteiger partial charge in [0.1, 0.15) is 23.4 Å². The number of nitrogens with one attached hydrogen (secondary N) is 2. The summed E-state index contributed by atoms with van der Waals surface area (Å²) >= 11 is 0. The summed E-state index contributed by atoms with van der Waals surface area (Å²) in [7, 11) is 3.79. The average molecular weight is 776 g/mol. The first-order chi connectivity index (χ1) is 25.0. The fourth-order valence-electron chi connectivity index (χ4n) is 8.93. The van der Waals surface area contributed by atoms with Crippen molar-refractivity contribution in [2.45, 2.75) is 192 Å². The Kier molecular flexibility index (Phi) is 17.2. The number of hydrogen-bond acceptors (Lipinski definition) is 14. The zero-order chi connectivity index (χ0) is 40.9. The molecule has 3 aliphatic rings. The number of likely N-dealkylation sites (N-methyl/N-ethyl adjacent to an activating group) is 1. The number of carbonyl (C=O) groups excluding carboxylic acids is 1. The molecule has 3 rings (SSSR count). The topological polar surface area (TPSA) is 192 Å². The molecule has 3 saturated heterocycles. The average Bonchev–Trinajstić information content (AvgIpc) is 3.09. The monoisotopic (exact) mass is 776 g/mol. The lowest BCUT2D eigenvalue weighted by Crippen LogP contribution is -2.61. The maximum Gasteiger partial charge on any atom is 0.311 e. The maximum absolute atomic E-state index is 14.4. The van der Waals surface area contributed by atoms with E-state index in [1.807, 2.05) is 53.6 Å². The van der Waals surface area contributed by atoms with Crippen molar-refractivity contribution in [3.8, 4) is 0 Å². The van der Waals surface area contributed by atoms with Crippen LogP contribution in [0.15, 0.2) is 0 Å². The lowest BCUT2D eigenvalue weighted by Gasteiger charge is -2.49. The van der Waals surface area contributed by atoms with E-state index in [4.69, 9.17) is 23.7 Å². The number of hydrogen-bond donors (Lipinski definition) is 7. The van der Waals surface area contributed by atoms with Gasteiger partial charge in [-0.1, -0.05) is 34.6 Å². The predicted octanol–water partition coefficient (Wildman–Crippen LogP) is 2.16. The first-order valence-electron chi connectivity index (χ1n) is 20.5. The van der Waals surface area contributed by atoms with Gasteiger partial charge in [0.2, 0.25) is 0 Å². The van der Waals surface area contributed by atoms with Crippen LogP contribution in [0.1, 0.15) is 108 Å². The first kappa shape index (κ1) is 47.4. The number of aliphatic hydroxyl groups excluding tert-OH is 2. The molecule has 0 aliphatic carbocycles. The number of ether oxygens (including phenoxy) is 5. The van der Waals surface area contributed by atoms with E-state index in [-0.39, 0.29) is 36.8 Å². The molecule has 0 aromatic heterocycles. The minimum Gasteiger partial charge on any atom is -0.457 e. The van der Waals surface area contributed by atoms with E-state index in [0.717, 1.165) is 13.0 Å². The highest BCUT2D eigenvalue weighted by Gasteiger charge is 2.52. The van der Waals surface area contributed by atoms with Gasteiger partial charge in [0.25, 0.3) is 0 Å². The third kappa shape index (κ3) is 11.1. The Morgan fingerprint density at radius 3 is 2.28 bits per heavy atom. The number of esters is 1. The highest BCUT2D eigenvalue weighted by Crippen LogP contribution is 2.40. The Hall–Kier alpha value is -1.01. The number of cyclic esters (lactones) is 1. The zero-order valence-electron chi connectivity index (χ0n) is 35.4.